The van der Waals surface area contributed by atoms with E-state index >= 15 is 0 Å². The van der Waals surface area contributed by atoms with Gasteiger partial charge in [-0.25, -0.2) is 17.7 Å². The quantitative estimate of drug-likeness (QED) is 0.177. The van der Waals surface area contributed by atoms with Crippen LogP contribution in [0.15, 0.2) is 30.6 Å². The normalized spacial score (nSPS) is 19.0. The summed E-state index contributed by atoms with van der Waals surface area (Å²) in [6, 6.07) is 7.37. The van der Waals surface area contributed by atoms with E-state index < -0.39 is 42.0 Å². The number of aromatic nitrogens is 3. The maximum absolute atomic E-state index is 14.1. The molecule has 4 nitrogen and oxygen atoms in total. The zero-order valence-electron chi connectivity index (χ0n) is 15.7. The van der Waals surface area contributed by atoms with Crippen molar-refractivity contribution in [3.63, 3.8) is 0 Å². The van der Waals surface area contributed by atoms with Crippen molar-refractivity contribution in [3.8, 4) is 5.69 Å². The fourth-order valence-corrected chi connectivity index (χ4v) is 3.82. The molecule has 1 aromatic heterocycles. The number of rotatable bonds is 1. The van der Waals surface area contributed by atoms with Gasteiger partial charge in [-0.1, -0.05) is 28.9 Å². The minimum Gasteiger partial charge on any atom is -0.418 e. The van der Waals surface area contributed by atoms with Gasteiger partial charge in [-0.2, -0.15) is 8.78 Å². The predicted molar refractivity (Wildman–Crippen MR) is 90.6 cm³/mol. The standard InChI is InChI=1S/C18H11F5N3O.BF4/c19-12-13(20)15(22)18(16(23)14(12)21)26-7-25-11(24-26)6-27-10-5-8-3-1-2-4-9(8)17(10)25;2-1(3,4)5/h1-4,7,10,17H,5-6H2;/q+1;-1/t10-,17+;/m0./s1. The van der Waals surface area contributed by atoms with Crippen molar-refractivity contribution in [1.82, 2.24) is 9.78 Å². The van der Waals surface area contributed by atoms with E-state index in [1.807, 2.05) is 24.3 Å². The van der Waals surface area contributed by atoms with E-state index in [1.165, 1.54) is 6.33 Å². The molecule has 0 saturated carbocycles. The van der Waals surface area contributed by atoms with Gasteiger partial charge < -0.3 is 22.0 Å². The first-order valence-corrected chi connectivity index (χ1v) is 9.05. The summed E-state index contributed by atoms with van der Waals surface area (Å²) in [5.74, 6) is -9.76. The number of halogens is 9. The lowest BCUT2D eigenvalue weighted by molar-refractivity contribution is -0.739. The molecule has 0 bridgehead atoms. The van der Waals surface area contributed by atoms with Crippen LogP contribution in [0.25, 0.3) is 5.69 Å². The van der Waals surface area contributed by atoms with Crippen molar-refractivity contribution in [2.24, 2.45) is 0 Å². The van der Waals surface area contributed by atoms with Gasteiger partial charge in [-0.3, -0.25) is 0 Å². The van der Waals surface area contributed by atoms with Gasteiger partial charge >= 0.3 is 13.1 Å². The van der Waals surface area contributed by atoms with E-state index in [2.05, 4.69) is 5.10 Å². The molecule has 5 rings (SSSR count). The van der Waals surface area contributed by atoms with E-state index in [0.29, 0.717) is 16.9 Å². The number of fused-ring (bicyclic) bond motifs is 5. The average Bonchev–Trinajstić information content (AvgIpc) is 3.30. The number of nitrogens with zero attached hydrogens (tertiary/aromatic N) is 3. The zero-order valence-corrected chi connectivity index (χ0v) is 15.7. The monoisotopic (exact) mass is 467 g/mol. The molecule has 0 radical (unpaired) electrons. The van der Waals surface area contributed by atoms with Crippen molar-refractivity contribution in [1.29, 1.82) is 0 Å². The lowest BCUT2D eigenvalue weighted by Crippen LogP contribution is -2.51. The molecule has 32 heavy (non-hydrogen) atoms. The smallest absolute Gasteiger partial charge is 0.418 e. The van der Waals surface area contributed by atoms with E-state index in [-0.39, 0.29) is 18.8 Å². The highest BCUT2D eigenvalue weighted by Crippen LogP contribution is 2.36. The van der Waals surface area contributed by atoms with Crippen LogP contribution in [0.1, 0.15) is 23.0 Å². The number of ether oxygens (including phenoxy) is 1. The fraction of sp³-hybridized carbons (Fsp3) is 0.222. The van der Waals surface area contributed by atoms with Crippen LogP contribution in [0.5, 0.6) is 0 Å². The minimum atomic E-state index is -6.00. The highest BCUT2D eigenvalue weighted by molar-refractivity contribution is 6.50. The van der Waals surface area contributed by atoms with E-state index in [4.69, 9.17) is 4.74 Å². The molecule has 1 aliphatic heterocycles. The molecule has 2 atom stereocenters. The fourth-order valence-electron chi connectivity index (χ4n) is 3.82. The van der Waals surface area contributed by atoms with Crippen LogP contribution in [0, 0.1) is 29.1 Å². The summed E-state index contributed by atoms with van der Waals surface area (Å²) in [6.07, 6.45) is 1.73. The minimum absolute atomic E-state index is 0.0670. The lowest BCUT2D eigenvalue weighted by Gasteiger charge is -2.23. The maximum Gasteiger partial charge on any atom is 0.673 e. The second-order valence-electron chi connectivity index (χ2n) is 6.99. The summed E-state index contributed by atoms with van der Waals surface area (Å²) < 4.78 is 116. The first-order chi connectivity index (χ1) is 15.0. The van der Waals surface area contributed by atoms with Crippen LogP contribution >= 0.6 is 0 Å². The van der Waals surface area contributed by atoms with Crippen LogP contribution < -0.4 is 4.57 Å². The Balaban J connectivity index is 0.000000444. The largest absolute Gasteiger partial charge is 0.673 e. The highest BCUT2D eigenvalue weighted by Gasteiger charge is 2.44. The van der Waals surface area contributed by atoms with Gasteiger partial charge in [0.05, 0.1) is 0 Å². The van der Waals surface area contributed by atoms with Crippen molar-refractivity contribution < 1.29 is 48.5 Å². The summed E-state index contributed by atoms with van der Waals surface area (Å²) in [7, 11) is -6.00. The van der Waals surface area contributed by atoms with Crippen molar-refractivity contribution in [2.75, 3.05) is 0 Å². The highest BCUT2D eigenvalue weighted by atomic mass is 19.5. The molecule has 2 heterocycles. The van der Waals surface area contributed by atoms with Gasteiger partial charge in [-0.15, -0.1) is 0 Å². The van der Waals surface area contributed by atoms with Crippen molar-refractivity contribution in [3.05, 3.63) is 76.6 Å². The van der Waals surface area contributed by atoms with E-state index in [1.54, 1.807) is 4.57 Å². The number of hydrogen-bond acceptors (Lipinski definition) is 2. The Bertz CT molecular complexity index is 1160. The van der Waals surface area contributed by atoms with Gasteiger partial charge in [0.15, 0.2) is 0 Å². The third-order valence-electron chi connectivity index (χ3n) is 5.04. The van der Waals surface area contributed by atoms with Crippen LogP contribution in [0.4, 0.5) is 39.2 Å². The van der Waals surface area contributed by atoms with Gasteiger partial charge in [0.2, 0.25) is 41.1 Å². The first-order valence-electron chi connectivity index (χ1n) is 9.05. The molecule has 0 amide bonds. The Morgan fingerprint density at radius 1 is 0.906 bits per heavy atom. The zero-order chi connectivity index (χ0) is 23.4. The van der Waals surface area contributed by atoms with Gasteiger partial charge in [0.1, 0.15) is 18.8 Å². The van der Waals surface area contributed by atoms with Gasteiger partial charge in [0, 0.05) is 11.5 Å². The second kappa shape index (κ2) is 7.83. The molecule has 1 aliphatic carbocycles. The summed E-state index contributed by atoms with van der Waals surface area (Å²) in [5.41, 5.74) is 0.943. The average molecular weight is 467 g/mol. The van der Waals surface area contributed by atoms with Gasteiger partial charge in [0.25, 0.3) is 0 Å². The molecule has 0 saturated heterocycles. The first kappa shape index (κ1) is 22.2. The Hall–Kier alpha value is -3.03. The van der Waals surface area contributed by atoms with Crippen molar-refractivity contribution in [2.45, 2.75) is 25.2 Å². The molecule has 0 N–H and O–H groups in total. The third-order valence-corrected chi connectivity index (χ3v) is 5.04. The van der Waals surface area contributed by atoms with Crippen molar-refractivity contribution >= 4 is 7.25 Å². The topological polar surface area (TPSA) is 30.9 Å². The van der Waals surface area contributed by atoms with E-state index in [0.717, 1.165) is 11.1 Å². The molecule has 14 heteroatoms. The molecule has 0 unspecified atom stereocenters. The SMILES string of the molecule is F[B-](F)(F)F.Fc1c(F)c(F)c(-n2c[n+]3c(n2)CO[C@H]2Cc4ccccc4[C@H]23)c(F)c1F. The molecule has 0 fully saturated rings. The Labute approximate surface area is 173 Å². The Morgan fingerprint density at radius 2 is 1.47 bits per heavy atom. The van der Waals surface area contributed by atoms with Gasteiger partial charge in [-0.05, 0) is 11.1 Å². The summed E-state index contributed by atoms with van der Waals surface area (Å²) in [4.78, 5) is 0. The predicted octanol–water partition coefficient (Wildman–Crippen LogP) is 4.20. The summed E-state index contributed by atoms with van der Waals surface area (Å²) in [6.45, 7) is 0.0670. The molecule has 2 aromatic carbocycles. The van der Waals surface area contributed by atoms with Crippen LogP contribution in [-0.2, 0) is 17.8 Å². The second-order valence-corrected chi connectivity index (χ2v) is 6.99. The lowest BCUT2D eigenvalue weighted by atomic mass is 10.1. The number of hydrogen-bond donors (Lipinski definition) is 0. The third kappa shape index (κ3) is 3.83. The molecular weight excluding hydrogens is 456 g/mol. The molecule has 170 valence electrons. The van der Waals surface area contributed by atoms with Crippen LogP contribution in [-0.4, -0.2) is 23.1 Å². The molecular formula is C18H11BF9N3O. The molecule has 0 spiro atoms. The Kier molecular flexibility index (Phi) is 5.43. The Morgan fingerprint density at radius 3 is 2.09 bits per heavy atom. The molecule has 2 aliphatic rings. The molecule has 3 aromatic rings. The van der Waals surface area contributed by atoms with Crippen LogP contribution in [0.3, 0.4) is 0 Å². The maximum atomic E-state index is 14.1. The summed E-state index contributed by atoms with van der Waals surface area (Å²) >= 11 is 0. The number of benzene rings is 2. The summed E-state index contributed by atoms with van der Waals surface area (Å²) in [5, 5.41) is 4.01. The van der Waals surface area contributed by atoms with Crippen LogP contribution in [0.2, 0.25) is 0 Å². The van der Waals surface area contributed by atoms with E-state index in [9.17, 15) is 39.2 Å².